The summed E-state index contributed by atoms with van der Waals surface area (Å²) in [6, 6.07) is 7.69. The molecule has 0 fully saturated rings. The van der Waals surface area contributed by atoms with Crippen LogP contribution in [0.3, 0.4) is 0 Å². The number of hydrogen-bond acceptors (Lipinski definition) is 4. The van der Waals surface area contributed by atoms with Crippen molar-refractivity contribution >= 4 is 23.1 Å². The third-order valence-corrected chi connectivity index (χ3v) is 4.04. The second-order valence-corrected chi connectivity index (χ2v) is 6.01. The number of rotatable bonds is 6. The highest BCUT2D eigenvalue weighted by Crippen LogP contribution is 2.20. The molecule has 0 radical (unpaired) electrons. The molecule has 2 aromatic rings. The molecule has 2 aromatic heterocycles. The molecule has 0 atom stereocenters. The molecular weight excluding hydrogens is 282 g/mol. The summed E-state index contributed by atoms with van der Waals surface area (Å²) in [6.45, 7) is 6.90. The number of amides is 1. The van der Waals surface area contributed by atoms with Gasteiger partial charge in [-0.15, -0.1) is 17.9 Å². The Hall–Kier alpha value is -2.14. The van der Waals surface area contributed by atoms with E-state index in [1.54, 1.807) is 47.7 Å². The molecule has 110 valence electrons. The number of anilines is 1. The third-order valence-electron chi connectivity index (χ3n) is 3.05. The quantitative estimate of drug-likeness (QED) is 0.833. The minimum atomic E-state index is -0.0431. The molecule has 0 aliphatic rings. The number of pyridine rings is 1. The van der Waals surface area contributed by atoms with Crippen LogP contribution in [0.15, 0.2) is 43.1 Å². The van der Waals surface area contributed by atoms with E-state index < -0.39 is 0 Å². The highest BCUT2D eigenvalue weighted by atomic mass is 32.1. The van der Waals surface area contributed by atoms with Crippen molar-refractivity contribution < 1.29 is 4.79 Å². The lowest BCUT2D eigenvalue weighted by Crippen LogP contribution is -2.31. The number of carbonyl (C=O) groups is 1. The molecule has 0 aliphatic carbocycles. The largest absolute Gasteiger partial charge is 0.372 e. The van der Waals surface area contributed by atoms with Gasteiger partial charge in [0.25, 0.3) is 5.91 Å². The Bertz CT molecular complexity index is 636. The van der Waals surface area contributed by atoms with Gasteiger partial charge in [0, 0.05) is 29.5 Å². The van der Waals surface area contributed by atoms with Crippen molar-refractivity contribution in [1.82, 2.24) is 9.88 Å². The van der Waals surface area contributed by atoms with E-state index >= 15 is 0 Å². The van der Waals surface area contributed by atoms with Gasteiger partial charge in [-0.2, -0.15) is 0 Å². The third kappa shape index (κ3) is 3.70. The van der Waals surface area contributed by atoms with Crippen molar-refractivity contribution in [3.63, 3.8) is 0 Å². The molecule has 0 spiro atoms. The van der Waals surface area contributed by atoms with Crippen LogP contribution in [0.2, 0.25) is 0 Å². The van der Waals surface area contributed by atoms with E-state index in [2.05, 4.69) is 35.9 Å². The van der Waals surface area contributed by atoms with Gasteiger partial charge in [-0.05, 0) is 31.2 Å². The predicted molar refractivity (Wildman–Crippen MR) is 87.8 cm³/mol. The maximum Gasteiger partial charge on any atom is 0.258 e. The van der Waals surface area contributed by atoms with Gasteiger partial charge in [0.2, 0.25) is 0 Å². The molecule has 0 unspecified atom stereocenters. The van der Waals surface area contributed by atoms with Gasteiger partial charge in [-0.1, -0.05) is 6.08 Å². The second kappa shape index (κ2) is 7.04. The van der Waals surface area contributed by atoms with Crippen molar-refractivity contribution in [1.29, 1.82) is 0 Å². The summed E-state index contributed by atoms with van der Waals surface area (Å²) in [7, 11) is 1.76. The zero-order valence-corrected chi connectivity index (χ0v) is 13.1. The summed E-state index contributed by atoms with van der Waals surface area (Å²) in [6.07, 6.45) is 3.41. The number of aryl methyl sites for hydroxylation is 1. The van der Waals surface area contributed by atoms with Crippen molar-refractivity contribution in [2.75, 3.05) is 18.9 Å². The molecule has 2 heterocycles. The number of aromatic nitrogens is 1. The Kier molecular flexibility index (Phi) is 5.11. The van der Waals surface area contributed by atoms with E-state index in [0.29, 0.717) is 24.5 Å². The molecule has 2 rings (SSSR count). The van der Waals surface area contributed by atoms with Crippen LogP contribution in [0.1, 0.15) is 20.1 Å². The van der Waals surface area contributed by atoms with Crippen LogP contribution in [0.25, 0.3) is 0 Å². The summed E-state index contributed by atoms with van der Waals surface area (Å²) in [4.78, 5) is 21.1. The average molecular weight is 301 g/mol. The lowest BCUT2D eigenvalue weighted by Gasteiger charge is -2.21. The Balaban J connectivity index is 2.24. The average Bonchev–Trinajstić information content (AvgIpc) is 2.91. The van der Waals surface area contributed by atoms with E-state index in [-0.39, 0.29) is 5.91 Å². The maximum absolute atomic E-state index is 12.7. The summed E-state index contributed by atoms with van der Waals surface area (Å²) in [5.41, 5.74) is 0.579. The number of nitrogens with one attached hydrogen (secondary N) is 1. The summed E-state index contributed by atoms with van der Waals surface area (Å²) in [5.74, 6) is 0.553. The minimum absolute atomic E-state index is 0.0431. The van der Waals surface area contributed by atoms with Crippen LogP contribution < -0.4 is 5.32 Å². The Labute approximate surface area is 129 Å². The SMILES string of the molecule is C=CCN(Cc1ccc(C)s1)C(=O)c1cccnc1NC. The van der Waals surface area contributed by atoms with Crippen LogP contribution in [-0.4, -0.2) is 29.4 Å². The fraction of sp³-hybridized carbons (Fsp3) is 0.250. The number of hydrogen-bond donors (Lipinski definition) is 1. The van der Waals surface area contributed by atoms with Gasteiger partial charge >= 0.3 is 0 Å². The zero-order valence-electron chi connectivity index (χ0n) is 12.3. The number of nitrogens with zero attached hydrogens (tertiary/aromatic N) is 2. The van der Waals surface area contributed by atoms with E-state index in [1.807, 2.05) is 0 Å². The van der Waals surface area contributed by atoms with Crippen LogP contribution in [0.5, 0.6) is 0 Å². The first-order chi connectivity index (χ1) is 10.2. The van der Waals surface area contributed by atoms with Crippen LogP contribution in [-0.2, 0) is 6.54 Å². The molecule has 0 saturated carbocycles. The molecule has 4 nitrogen and oxygen atoms in total. The predicted octanol–water partition coefficient (Wildman–Crippen LogP) is 3.32. The van der Waals surface area contributed by atoms with Gasteiger partial charge in [-0.25, -0.2) is 4.98 Å². The van der Waals surface area contributed by atoms with Gasteiger partial charge in [0.15, 0.2) is 0 Å². The van der Waals surface area contributed by atoms with Crippen molar-refractivity contribution in [3.8, 4) is 0 Å². The van der Waals surface area contributed by atoms with E-state index in [1.165, 1.54) is 4.88 Å². The first kappa shape index (κ1) is 15.3. The van der Waals surface area contributed by atoms with Crippen molar-refractivity contribution in [2.24, 2.45) is 0 Å². The van der Waals surface area contributed by atoms with Gasteiger partial charge in [0.1, 0.15) is 5.82 Å². The fourth-order valence-corrected chi connectivity index (χ4v) is 2.99. The smallest absolute Gasteiger partial charge is 0.258 e. The molecule has 1 N–H and O–H groups in total. The summed E-state index contributed by atoms with van der Waals surface area (Å²) in [5, 5.41) is 2.96. The molecule has 5 heteroatoms. The molecule has 0 bridgehead atoms. The standard InChI is InChI=1S/C16H19N3OS/c1-4-10-19(11-13-8-7-12(2)21-13)16(20)14-6-5-9-18-15(14)17-3/h4-9H,1,10-11H2,2-3H3,(H,17,18). The lowest BCUT2D eigenvalue weighted by molar-refractivity contribution is 0.0765. The Morgan fingerprint density at radius 1 is 1.48 bits per heavy atom. The molecular formula is C16H19N3OS. The highest BCUT2D eigenvalue weighted by Gasteiger charge is 2.19. The maximum atomic E-state index is 12.7. The lowest BCUT2D eigenvalue weighted by atomic mass is 10.2. The Morgan fingerprint density at radius 2 is 2.29 bits per heavy atom. The number of thiophene rings is 1. The van der Waals surface area contributed by atoms with E-state index in [4.69, 9.17) is 0 Å². The topological polar surface area (TPSA) is 45.2 Å². The van der Waals surface area contributed by atoms with E-state index in [9.17, 15) is 4.79 Å². The van der Waals surface area contributed by atoms with Crippen LogP contribution in [0, 0.1) is 6.92 Å². The number of carbonyl (C=O) groups excluding carboxylic acids is 1. The summed E-state index contributed by atoms with van der Waals surface area (Å²) >= 11 is 1.71. The van der Waals surface area contributed by atoms with E-state index in [0.717, 1.165) is 4.88 Å². The normalized spacial score (nSPS) is 10.2. The first-order valence-corrected chi connectivity index (χ1v) is 7.55. The van der Waals surface area contributed by atoms with Gasteiger partial charge < -0.3 is 10.2 Å². The molecule has 0 saturated heterocycles. The van der Waals surface area contributed by atoms with Crippen molar-refractivity contribution in [3.05, 3.63) is 58.4 Å². The Morgan fingerprint density at radius 3 is 2.90 bits per heavy atom. The zero-order chi connectivity index (χ0) is 15.2. The molecule has 0 aliphatic heterocycles. The molecule has 0 aromatic carbocycles. The highest BCUT2D eigenvalue weighted by molar-refractivity contribution is 7.11. The van der Waals surface area contributed by atoms with Crippen molar-refractivity contribution in [2.45, 2.75) is 13.5 Å². The van der Waals surface area contributed by atoms with Crippen LogP contribution >= 0.6 is 11.3 Å². The van der Waals surface area contributed by atoms with Gasteiger partial charge in [0.05, 0.1) is 12.1 Å². The van der Waals surface area contributed by atoms with Gasteiger partial charge in [-0.3, -0.25) is 4.79 Å². The molecule has 21 heavy (non-hydrogen) atoms. The van der Waals surface area contributed by atoms with Crippen LogP contribution in [0.4, 0.5) is 5.82 Å². The second-order valence-electron chi connectivity index (χ2n) is 4.64. The summed E-state index contributed by atoms with van der Waals surface area (Å²) < 4.78 is 0. The monoisotopic (exact) mass is 301 g/mol. The molecule has 1 amide bonds. The minimum Gasteiger partial charge on any atom is -0.372 e. The first-order valence-electron chi connectivity index (χ1n) is 6.74. The fourth-order valence-electron chi connectivity index (χ4n) is 2.08.